The second kappa shape index (κ2) is 6.80. The van der Waals surface area contributed by atoms with E-state index in [1.165, 1.54) is 16.7 Å². The number of rotatable bonds is 4. The zero-order valence-corrected chi connectivity index (χ0v) is 16.3. The molecule has 2 aromatic carbocycles. The van der Waals surface area contributed by atoms with Gasteiger partial charge < -0.3 is 15.4 Å². The van der Waals surface area contributed by atoms with E-state index in [0.29, 0.717) is 13.1 Å². The van der Waals surface area contributed by atoms with Crippen molar-refractivity contribution in [1.82, 2.24) is 5.32 Å². The standard InChI is InChI=1S/C22H27N3O2/c1-4-23-21(26)25-11-10-15-8-9-18(12-19(15)25)24-14-17-7-5-6-16-13-22(2,3)27-20(16)17/h5-9,12,24H,4,10-11,13-14H2,1-3H3,(H,23,26). The van der Waals surface area contributed by atoms with Crippen molar-refractivity contribution in [1.29, 1.82) is 0 Å². The van der Waals surface area contributed by atoms with Crippen LogP contribution < -0.4 is 20.3 Å². The Labute approximate surface area is 160 Å². The van der Waals surface area contributed by atoms with E-state index in [1.54, 1.807) is 0 Å². The molecule has 2 N–H and O–H groups in total. The largest absolute Gasteiger partial charge is 0.487 e. The molecule has 2 aliphatic rings. The first kappa shape index (κ1) is 17.7. The highest BCUT2D eigenvalue weighted by Gasteiger charge is 2.31. The fourth-order valence-electron chi connectivity index (χ4n) is 3.96. The Hall–Kier alpha value is -2.69. The molecular formula is C22H27N3O2. The highest BCUT2D eigenvalue weighted by Crippen LogP contribution is 2.38. The highest BCUT2D eigenvalue weighted by molar-refractivity contribution is 5.94. The lowest BCUT2D eigenvalue weighted by molar-refractivity contribution is 0.137. The molecule has 0 unspecified atom stereocenters. The summed E-state index contributed by atoms with van der Waals surface area (Å²) in [5, 5.41) is 6.39. The Morgan fingerprint density at radius 1 is 1.22 bits per heavy atom. The van der Waals surface area contributed by atoms with Gasteiger partial charge in [0.25, 0.3) is 0 Å². The molecule has 27 heavy (non-hydrogen) atoms. The van der Waals surface area contributed by atoms with Crippen molar-refractivity contribution in [2.75, 3.05) is 23.3 Å². The molecule has 0 spiro atoms. The van der Waals surface area contributed by atoms with Crippen LogP contribution in [0.3, 0.4) is 0 Å². The zero-order valence-electron chi connectivity index (χ0n) is 16.3. The number of amides is 2. The molecule has 0 atom stereocenters. The Morgan fingerprint density at radius 2 is 2.07 bits per heavy atom. The Kier molecular flexibility index (Phi) is 4.46. The number of nitrogens with zero attached hydrogens (tertiary/aromatic N) is 1. The summed E-state index contributed by atoms with van der Waals surface area (Å²) < 4.78 is 6.16. The number of carbonyl (C=O) groups excluding carboxylic acids is 1. The molecule has 0 saturated carbocycles. The summed E-state index contributed by atoms with van der Waals surface area (Å²) in [4.78, 5) is 14.1. The lowest BCUT2D eigenvalue weighted by Crippen LogP contribution is -2.38. The first-order valence-corrected chi connectivity index (χ1v) is 9.69. The van der Waals surface area contributed by atoms with Gasteiger partial charge in [-0.3, -0.25) is 4.90 Å². The van der Waals surface area contributed by atoms with Gasteiger partial charge in [0, 0.05) is 37.3 Å². The van der Waals surface area contributed by atoms with Crippen LogP contribution in [0.25, 0.3) is 0 Å². The van der Waals surface area contributed by atoms with Crippen LogP contribution in [0.4, 0.5) is 16.2 Å². The lowest BCUT2D eigenvalue weighted by Gasteiger charge is -2.19. The van der Waals surface area contributed by atoms with Gasteiger partial charge in [0.05, 0.1) is 5.69 Å². The average Bonchev–Trinajstić information content (AvgIpc) is 3.19. The van der Waals surface area contributed by atoms with Crippen LogP contribution in [0.2, 0.25) is 0 Å². The summed E-state index contributed by atoms with van der Waals surface area (Å²) in [6.07, 6.45) is 1.85. The van der Waals surface area contributed by atoms with Gasteiger partial charge in [0.1, 0.15) is 11.4 Å². The molecule has 0 bridgehead atoms. The monoisotopic (exact) mass is 365 g/mol. The van der Waals surface area contributed by atoms with Gasteiger partial charge in [-0.2, -0.15) is 0 Å². The number of benzene rings is 2. The van der Waals surface area contributed by atoms with E-state index in [2.05, 4.69) is 60.9 Å². The van der Waals surface area contributed by atoms with Crippen molar-refractivity contribution in [3.05, 3.63) is 53.1 Å². The predicted molar refractivity (Wildman–Crippen MR) is 109 cm³/mol. The molecule has 4 rings (SSSR count). The second-order valence-corrected chi connectivity index (χ2v) is 7.88. The normalized spacial score (nSPS) is 16.5. The van der Waals surface area contributed by atoms with Gasteiger partial charge in [-0.05, 0) is 50.5 Å². The Morgan fingerprint density at radius 3 is 2.89 bits per heavy atom. The van der Waals surface area contributed by atoms with E-state index in [-0.39, 0.29) is 11.6 Å². The van der Waals surface area contributed by atoms with E-state index in [4.69, 9.17) is 4.74 Å². The molecule has 2 aliphatic heterocycles. The van der Waals surface area contributed by atoms with Gasteiger partial charge in [-0.1, -0.05) is 24.3 Å². The molecule has 0 fully saturated rings. The number of hydrogen-bond acceptors (Lipinski definition) is 3. The fraction of sp³-hybridized carbons (Fsp3) is 0.409. The maximum absolute atomic E-state index is 12.3. The maximum Gasteiger partial charge on any atom is 0.321 e. The van der Waals surface area contributed by atoms with E-state index in [0.717, 1.165) is 36.5 Å². The van der Waals surface area contributed by atoms with Crippen molar-refractivity contribution >= 4 is 17.4 Å². The highest BCUT2D eigenvalue weighted by atomic mass is 16.5. The minimum absolute atomic E-state index is 0.0232. The number of nitrogens with one attached hydrogen (secondary N) is 2. The molecule has 5 heteroatoms. The van der Waals surface area contributed by atoms with Crippen LogP contribution in [-0.2, 0) is 19.4 Å². The van der Waals surface area contributed by atoms with Crippen LogP contribution in [0.15, 0.2) is 36.4 Å². The number of anilines is 2. The predicted octanol–water partition coefficient (Wildman–Crippen LogP) is 4.10. The summed E-state index contributed by atoms with van der Waals surface area (Å²) in [6, 6.07) is 12.6. The maximum atomic E-state index is 12.3. The van der Waals surface area contributed by atoms with Crippen LogP contribution >= 0.6 is 0 Å². The van der Waals surface area contributed by atoms with Crippen LogP contribution in [0, 0.1) is 0 Å². The molecule has 5 nitrogen and oxygen atoms in total. The summed E-state index contributed by atoms with van der Waals surface area (Å²) >= 11 is 0. The van der Waals surface area contributed by atoms with E-state index < -0.39 is 0 Å². The molecule has 0 saturated heterocycles. The van der Waals surface area contributed by atoms with Crippen LogP contribution in [0.5, 0.6) is 5.75 Å². The minimum atomic E-state index is -0.140. The zero-order chi connectivity index (χ0) is 19.0. The Bertz CT molecular complexity index is 876. The molecule has 0 aromatic heterocycles. The molecule has 2 aromatic rings. The van der Waals surface area contributed by atoms with Crippen LogP contribution in [-0.4, -0.2) is 24.7 Å². The van der Waals surface area contributed by atoms with E-state index >= 15 is 0 Å². The number of para-hydroxylation sites is 1. The first-order valence-electron chi connectivity index (χ1n) is 9.69. The third-order valence-electron chi connectivity index (χ3n) is 5.21. The molecular weight excluding hydrogens is 338 g/mol. The SMILES string of the molecule is CCNC(=O)N1CCc2ccc(NCc3cccc4c3OC(C)(C)C4)cc21. The van der Waals surface area contributed by atoms with Crippen molar-refractivity contribution < 1.29 is 9.53 Å². The van der Waals surface area contributed by atoms with Gasteiger partial charge >= 0.3 is 6.03 Å². The number of ether oxygens (including phenoxy) is 1. The van der Waals surface area contributed by atoms with E-state index in [1.807, 2.05) is 11.8 Å². The van der Waals surface area contributed by atoms with Gasteiger partial charge in [0.2, 0.25) is 0 Å². The van der Waals surface area contributed by atoms with Crippen molar-refractivity contribution in [2.45, 2.75) is 45.8 Å². The van der Waals surface area contributed by atoms with E-state index in [9.17, 15) is 4.79 Å². The summed E-state index contributed by atoms with van der Waals surface area (Å²) in [5.74, 6) is 1.01. The van der Waals surface area contributed by atoms with Crippen molar-refractivity contribution in [2.24, 2.45) is 0 Å². The smallest absolute Gasteiger partial charge is 0.321 e. The third kappa shape index (κ3) is 3.46. The molecule has 0 aliphatic carbocycles. The number of carbonyl (C=O) groups is 1. The van der Waals surface area contributed by atoms with Gasteiger partial charge in [-0.15, -0.1) is 0 Å². The Balaban J connectivity index is 1.51. The third-order valence-corrected chi connectivity index (χ3v) is 5.21. The second-order valence-electron chi connectivity index (χ2n) is 7.88. The number of urea groups is 1. The minimum Gasteiger partial charge on any atom is -0.487 e. The summed E-state index contributed by atoms with van der Waals surface area (Å²) in [6.45, 7) is 8.26. The number of hydrogen-bond donors (Lipinski definition) is 2. The molecule has 2 heterocycles. The summed E-state index contributed by atoms with van der Waals surface area (Å²) in [5.41, 5.74) is 5.54. The topological polar surface area (TPSA) is 53.6 Å². The fourth-order valence-corrected chi connectivity index (χ4v) is 3.96. The molecule has 142 valence electrons. The average molecular weight is 365 g/mol. The number of fused-ring (bicyclic) bond motifs is 2. The van der Waals surface area contributed by atoms with Gasteiger partial charge in [0.15, 0.2) is 0 Å². The van der Waals surface area contributed by atoms with Crippen molar-refractivity contribution in [3.8, 4) is 5.75 Å². The lowest BCUT2D eigenvalue weighted by atomic mass is 10.0. The molecule has 0 radical (unpaired) electrons. The van der Waals surface area contributed by atoms with Crippen molar-refractivity contribution in [3.63, 3.8) is 0 Å². The van der Waals surface area contributed by atoms with Crippen LogP contribution in [0.1, 0.15) is 37.5 Å². The van der Waals surface area contributed by atoms with Gasteiger partial charge in [-0.25, -0.2) is 4.79 Å². The summed E-state index contributed by atoms with van der Waals surface area (Å²) in [7, 11) is 0. The quantitative estimate of drug-likeness (QED) is 0.857. The molecule has 2 amide bonds. The first-order chi connectivity index (χ1) is 13.0.